The average molecular weight is 553 g/mol. The first-order chi connectivity index (χ1) is 17.5. The molecule has 3 rings (SSSR count). The third-order valence-electron chi connectivity index (χ3n) is 4.98. The maximum atomic E-state index is 15.1. The number of carbonyl (C=O) groups is 1. The van der Waals surface area contributed by atoms with Crippen LogP contribution in [0.1, 0.15) is 27.2 Å². The molecule has 0 atom stereocenters. The lowest BCUT2D eigenvalue weighted by Crippen LogP contribution is -2.36. The smallest absolute Gasteiger partial charge is 0.397 e. The topological polar surface area (TPSA) is 115 Å². The van der Waals surface area contributed by atoms with E-state index >= 15 is 4.39 Å². The molecule has 0 fully saturated rings. The average Bonchev–Trinajstić information content (AvgIpc) is 3.18. The van der Waals surface area contributed by atoms with E-state index in [9.17, 15) is 39.9 Å². The van der Waals surface area contributed by atoms with Gasteiger partial charge in [0.2, 0.25) is 0 Å². The van der Waals surface area contributed by atoms with Gasteiger partial charge in [-0.3, -0.25) is 19.5 Å². The highest BCUT2D eigenvalue weighted by molar-refractivity contribution is 6.04. The molecular weight excluding hydrogens is 537 g/mol. The van der Waals surface area contributed by atoms with Gasteiger partial charge in [0.1, 0.15) is 5.56 Å². The molecule has 204 valence electrons. The van der Waals surface area contributed by atoms with Crippen molar-refractivity contribution in [1.29, 1.82) is 0 Å². The second kappa shape index (κ2) is 9.88. The normalized spacial score (nSPS) is 13.0. The van der Waals surface area contributed by atoms with Crippen LogP contribution in [0.4, 0.5) is 51.0 Å². The van der Waals surface area contributed by atoms with Gasteiger partial charge < -0.3 is 11.1 Å². The summed E-state index contributed by atoms with van der Waals surface area (Å²) in [4.78, 5) is 16.0. The molecule has 0 saturated carbocycles. The van der Waals surface area contributed by atoms with E-state index in [2.05, 4.69) is 15.4 Å². The molecule has 8 nitrogen and oxygen atoms in total. The summed E-state index contributed by atoms with van der Waals surface area (Å²) in [6, 6.07) is 6.07. The molecule has 5 N–H and O–H groups in total. The number of anilines is 2. The van der Waals surface area contributed by atoms with Crippen molar-refractivity contribution in [3.63, 3.8) is 0 Å². The Kier molecular flexibility index (Phi) is 7.36. The number of rotatable bonds is 6. The van der Waals surface area contributed by atoms with Gasteiger partial charge in [0.25, 0.3) is 5.91 Å². The van der Waals surface area contributed by atoms with Crippen LogP contribution < -0.4 is 21.9 Å². The second-order valence-corrected chi connectivity index (χ2v) is 7.59. The molecule has 0 bridgehead atoms. The Morgan fingerprint density at radius 2 is 1.66 bits per heavy atom. The van der Waals surface area contributed by atoms with E-state index in [4.69, 9.17) is 11.6 Å². The minimum atomic E-state index is -6.41. The Morgan fingerprint density at radius 3 is 2.21 bits per heavy atom. The fourth-order valence-corrected chi connectivity index (χ4v) is 3.26. The molecule has 0 aliphatic rings. The predicted molar refractivity (Wildman–Crippen MR) is 116 cm³/mol. The van der Waals surface area contributed by atoms with Crippen LogP contribution >= 0.6 is 0 Å². The van der Waals surface area contributed by atoms with Crippen LogP contribution in [0.5, 0.6) is 0 Å². The van der Waals surface area contributed by atoms with Crippen LogP contribution in [0.15, 0.2) is 48.9 Å². The van der Waals surface area contributed by atoms with Gasteiger partial charge in [0.05, 0.1) is 11.4 Å². The molecular formula is C21H16F9N7O. The standard InChI is InChI=1S/C21H16F9N7O/c1-36-18(14(20(25,26)27)16(35-36)19(23,24)21(28,29)30)37(32)9-12(31)11-3-2-4-13(15(11)22)34-17(38)10-5-7-33-8-6-10/h2-9H,31-32H2,1H3,(H,34,38)/b12-9-. The zero-order chi connectivity index (χ0) is 28.6. The van der Waals surface area contributed by atoms with Crippen LogP contribution in [-0.4, -0.2) is 26.8 Å². The van der Waals surface area contributed by atoms with Crippen molar-refractivity contribution in [3.8, 4) is 0 Å². The number of nitrogens with one attached hydrogen (secondary N) is 1. The van der Waals surface area contributed by atoms with Crippen molar-refractivity contribution in [3.05, 3.63) is 77.1 Å². The maximum absolute atomic E-state index is 15.1. The van der Waals surface area contributed by atoms with Crippen molar-refractivity contribution < 1.29 is 44.3 Å². The number of aromatic nitrogens is 3. The van der Waals surface area contributed by atoms with Crippen molar-refractivity contribution in [2.45, 2.75) is 18.3 Å². The molecule has 1 aromatic carbocycles. The second-order valence-electron chi connectivity index (χ2n) is 7.59. The first-order valence-electron chi connectivity index (χ1n) is 10.1. The van der Waals surface area contributed by atoms with Gasteiger partial charge >= 0.3 is 18.3 Å². The molecule has 0 spiro atoms. The lowest BCUT2D eigenvalue weighted by atomic mass is 10.1. The number of benzene rings is 1. The summed E-state index contributed by atoms with van der Waals surface area (Å²) in [6.07, 6.45) is -9.11. The summed E-state index contributed by atoms with van der Waals surface area (Å²) in [7, 11) is 0.639. The number of nitrogens with zero attached hydrogens (tertiary/aromatic N) is 4. The molecule has 0 saturated heterocycles. The van der Waals surface area contributed by atoms with Gasteiger partial charge in [-0.15, -0.1) is 0 Å². The number of carbonyl (C=O) groups excluding carboxylic acids is 1. The van der Waals surface area contributed by atoms with Gasteiger partial charge in [-0.25, -0.2) is 10.2 Å². The first-order valence-corrected chi connectivity index (χ1v) is 10.1. The third kappa shape index (κ3) is 5.36. The molecule has 1 amide bonds. The zero-order valence-corrected chi connectivity index (χ0v) is 18.9. The summed E-state index contributed by atoms with van der Waals surface area (Å²) in [5, 5.41) is 4.95. The summed E-state index contributed by atoms with van der Waals surface area (Å²) < 4.78 is 122. The minimum absolute atomic E-state index is 0.0250. The summed E-state index contributed by atoms with van der Waals surface area (Å²) in [6.45, 7) is 0. The van der Waals surface area contributed by atoms with Gasteiger partial charge in [0, 0.05) is 36.8 Å². The quantitative estimate of drug-likeness (QED) is 0.235. The van der Waals surface area contributed by atoms with E-state index in [-0.39, 0.29) is 15.3 Å². The number of pyridine rings is 1. The van der Waals surface area contributed by atoms with Crippen molar-refractivity contribution >= 4 is 23.1 Å². The van der Waals surface area contributed by atoms with Crippen LogP contribution in [0.2, 0.25) is 0 Å². The Bertz CT molecular complexity index is 1370. The molecule has 0 aliphatic heterocycles. The third-order valence-corrected chi connectivity index (χ3v) is 4.98. The van der Waals surface area contributed by atoms with E-state index in [1.165, 1.54) is 30.6 Å². The van der Waals surface area contributed by atoms with Crippen LogP contribution in [0, 0.1) is 5.82 Å². The van der Waals surface area contributed by atoms with E-state index in [0.29, 0.717) is 13.2 Å². The van der Waals surface area contributed by atoms with Crippen LogP contribution in [0.25, 0.3) is 5.70 Å². The van der Waals surface area contributed by atoms with Crippen molar-refractivity contribution in [2.75, 3.05) is 10.3 Å². The molecule has 2 aromatic heterocycles. The number of aryl methyl sites for hydroxylation is 1. The number of hydrazine groups is 1. The Labute approximate surface area is 207 Å². The monoisotopic (exact) mass is 553 g/mol. The van der Waals surface area contributed by atoms with Gasteiger partial charge in [-0.2, -0.15) is 40.2 Å². The molecule has 3 aromatic rings. The van der Waals surface area contributed by atoms with E-state index in [1.807, 2.05) is 0 Å². The fraction of sp³-hybridized carbons (Fsp3) is 0.190. The van der Waals surface area contributed by atoms with Crippen LogP contribution in [0.3, 0.4) is 0 Å². The minimum Gasteiger partial charge on any atom is -0.397 e. The number of hydrogen-bond donors (Lipinski definition) is 3. The van der Waals surface area contributed by atoms with E-state index in [0.717, 1.165) is 12.1 Å². The maximum Gasteiger partial charge on any atom is 0.459 e. The number of alkyl halides is 8. The van der Waals surface area contributed by atoms with E-state index in [1.54, 1.807) is 0 Å². The van der Waals surface area contributed by atoms with Gasteiger partial charge in [-0.1, -0.05) is 6.07 Å². The molecule has 2 heterocycles. The fourth-order valence-electron chi connectivity index (χ4n) is 3.26. The highest BCUT2D eigenvalue weighted by Gasteiger charge is 2.64. The molecule has 17 heteroatoms. The molecule has 0 unspecified atom stereocenters. The Hall–Kier alpha value is -4.28. The SMILES string of the molecule is Cn1nc(C(F)(F)C(F)(F)F)c(C(F)(F)F)c1N(N)/C=C(\N)c1cccc(NC(=O)c2ccncc2)c1F. The summed E-state index contributed by atoms with van der Waals surface area (Å²) in [5.41, 5.74) is -0.812. The van der Waals surface area contributed by atoms with Crippen molar-refractivity contribution in [1.82, 2.24) is 14.8 Å². The number of nitrogens with two attached hydrogens (primary N) is 2. The first kappa shape index (κ1) is 28.3. The molecule has 0 radical (unpaired) electrons. The van der Waals surface area contributed by atoms with Crippen LogP contribution in [-0.2, 0) is 19.1 Å². The lowest BCUT2D eigenvalue weighted by Gasteiger charge is -2.21. The molecule has 38 heavy (non-hydrogen) atoms. The Morgan fingerprint density at radius 1 is 1.05 bits per heavy atom. The summed E-state index contributed by atoms with van der Waals surface area (Å²) in [5.74, 6) is -3.79. The highest BCUT2D eigenvalue weighted by Crippen LogP contribution is 2.50. The number of halogens is 9. The largest absolute Gasteiger partial charge is 0.459 e. The van der Waals surface area contributed by atoms with E-state index < -0.39 is 64.0 Å². The van der Waals surface area contributed by atoms with Gasteiger partial charge in [0.15, 0.2) is 17.3 Å². The zero-order valence-electron chi connectivity index (χ0n) is 18.9. The summed E-state index contributed by atoms with van der Waals surface area (Å²) >= 11 is 0. The number of hydrogen-bond acceptors (Lipinski definition) is 6. The predicted octanol–water partition coefficient (Wildman–Crippen LogP) is 4.52. The van der Waals surface area contributed by atoms with Crippen molar-refractivity contribution in [2.24, 2.45) is 18.6 Å². The molecule has 0 aliphatic carbocycles. The Balaban J connectivity index is 2.03. The van der Waals surface area contributed by atoms with Gasteiger partial charge in [-0.05, 0) is 24.3 Å². The lowest BCUT2D eigenvalue weighted by molar-refractivity contribution is -0.292. The number of amides is 1. The highest BCUT2D eigenvalue weighted by atomic mass is 19.4.